The third kappa shape index (κ3) is 4.50. The predicted molar refractivity (Wildman–Crippen MR) is 123 cm³/mol. The molecule has 2 heterocycles. The summed E-state index contributed by atoms with van der Waals surface area (Å²) in [6.45, 7) is 3.92. The average Bonchev–Trinajstić information content (AvgIpc) is 2.84. The van der Waals surface area contributed by atoms with Gasteiger partial charge in [-0.3, -0.25) is 9.69 Å². The van der Waals surface area contributed by atoms with Gasteiger partial charge in [-0.2, -0.15) is 5.10 Å². The van der Waals surface area contributed by atoms with Crippen LogP contribution in [0.2, 0.25) is 0 Å². The molecule has 0 radical (unpaired) electrons. The number of nitrogens with one attached hydrogen (secondary N) is 1. The Bertz CT molecular complexity index is 1140. The molecule has 2 aliphatic rings. The topological polar surface area (TPSA) is 63.2 Å². The normalized spacial score (nSPS) is 15.4. The maximum Gasteiger partial charge on any atom is 0.271 e. The van der Waals surface area contributed by atoms with Gasteiger partial charge in [0.25, 0.3) is 5.91 Å². The zero-order chi connectivity index (χ0) is 21.8. The van der Waals surface area contributed by atoms with Crippen molar-refractivity contribution in [3.8, 4) is 11.5 Å². The Kier molecular flexibility index (Phi) is 5.85. The highest BCUT2D eigenvalue weighted by molar-refractivity contribution is 5.95. The lowest BCUT2D eigenvalue weighted by Crippen LogP contribution is -2.30. The van der Waals surface area contributed by atoms with Crippen LogP contribution in [0.1, 0.15) is 32.6 Å². The Hall–Kier alpha value is -3.64. The molecule has 1 amide bonds. The van der Waals surface area contributed by atoms with Crippen LogP contribution in [0.4, 0.5) is 0 Å². The zero-order valence-corrected chi connectivity index (χ0v) is 17.8. The fourth-order valence-corrected chi connectivity index (χ4v) is 4.13. The van der Waals surface area contributed by atoms with Crippen molar-refractivity contribution in [2.45, 2.75) is 19.5 Å². The number of fused-ring (bicyclic) bond motifs is 2. The van der Waals surface area contributed by atoms with Crippen molar-refractivity contribution < 1.29 is 14.3 Å². The summed E-state index contributed by atoms with van der Waals surface area (Å²) >= 11 is 0. The number of hydrogen-bond donors (Lipinski definition) is 1. The maximum atomic E-state index is 12.5. The molecule has 0 saturated heterocycles. The van der Waals surface area contributed by atoms with Crippen LogP contribution in [0, 0.1) is 0 Å². The molecule has 1 N–H and O–H groups in total. The molecule has 0 fully saturated rings. The molecule has 0 atom stereocenters. The first kappa shape index (κ1) is 20.3. The van der Waals surface area contributed by atoms with Crippen LogP contribution in [0.5, 0.6) is 11.5 Å². The van der Waals surface area contributed by atoms with Gasteiger partial charge in [0.15, 0.2) is 11.5 Å². The number of benzene rings is 3. The summed E-state index contributed by atoms with van der Waals surface area (Å²) in [4.78, 5) is 14.9. The van der Waals surface area contributed by atoms with Crippen molar-refractivity contribution >= 4 is 12.1 Å². The highest BCUT2D eigenvalue weighted by atomic mass is 16.6. The summed E-state index contributed by atoms with van der Waals surface area (Å²) < 4.78 is 11.2. The molecule has 3 aromatic carbocycles. The number of hydrazone groups is 1. The number of nitrogens with zero attached hydrogens (tertiary/aromatic N) is 2. The highest BCUT2D eigenvalue weighted by Crippen LogP contribution is 2.32. The second-order valence-corrected chi connectivity index (χ2v) is 8.00. The molecule has 0 aromatic heterocycles. The minimum Gasteiger partial charge on any atom is -0.486 e. The maximum absolute atomic E-state index is 12.5. The number of hydrogen-bond acceptors (Lipinski definition) is 5. The molecule has 6 nitrogen and oxygen atoms in total. The number of ether oxygens (including phenoxy) is 2. The average molecular weight is 428 g/mol. The van der Waals surface area contributed by atoms with Crippen molar-refractivity contribution in [1.82, 2.24) is 10.3 Å². The number of rotatable bonds is 5. The summed E-state index contributed by atoms with van der Waals surface area (Å²) in [7, 11) is 0. The lowest BCUT2D eigenvalue weighted by Gasteiger charge is -2.28. The van der Waals surface area contributed by atoms with Crippen LogP contribution in [0.3, 0.4) is 0 Å². The van der Waals surface area contributed by atoms with Crippen molar-refractivity contribution in [3.63, 3.8) is 0 Å². The molecule has 3 aromatic rings. The van der Waals surface area contributed by atoms with Crippen molar-refractivity contribution in [1.29, 1.82) is 0 Å². The smallest absolute Gasteiger partial charge is 0.271 e. The first-order valence-electron chi connectivity index (χ1n) is 10.9. The van der Waals surface area contributed by atoms with E-state index in [0.717, 1.165) is 31.6 Å². The fourth-order valence-electron chi connectivity index (χ4n) is 4.13. The van der Waals surface area contributed by atoms with Crippen LogP contribution < -0.4 is 14.9 Å². The molecule has 2 aliphatic heterocycles. The minimum atomic E-state index is -0.248. The molecule has 5 rings (SSSR count). The third-order valence-corrected chi connectivity index (χ3v) is 5.80. The van der Waals surface area contributed by atoms with Gasteiger partial charge in [0, 0.05) is 30.8 Å². The molecule has 32 heavy (non-hydrogen) atoms. The summed E-state index contributed by atoms with van der Waals surface area (Å²) in [5.41, 5.74) is 7.98. The second kappa shape index (κ2) is 9.24. The van der Waals surface area contributed by atoms with Gasteiger partial charge in [0.05, 0.1) is 6.21 Å². The van der Waals surface area contributed by atoms with E-state index < -0.39 is 0 Å². The third-order valence-electron chi connectivity index (χ3n) is 5.80. The summed E-state index contributed by atoms with van der Waals surface area (Å²) in [6, 6.07) is 22.0. The van der Waals surface area contributed by atoms with Crippen molar-refractivity contribution in [2.75, 3.05) is 19.8 Å². The van der Waals surface area contributed by atoms with Gasteiger partial charge < -0.3 is 9.47 Å². The van der Waals surface area contributed by atoms with E-state index in [9.17, 15) is 4.79 Å². The van der Waals surface area contributed by atoms with Gasteiger partial charge in [0.1, 0.15) is 13.2 Å². The molecule has 0 spiro atoms. The van der Waals surface area contributed by atoms with Crippen molar-refractivity contribution in [3.05, 3.63) is 94.5 Å². The van der Waals surface area contributed by atoms with Gasteiger partial charge in [-0.1, -0.05) is 42.5 Å². The largest absolute Gasteiger partial charge is 0.486 e. The van der Waals surface area contributed by atoms with Gasteiger partial charge in [-0.15, -0.1) is 0 Å². The lowest BCUT2D eigenvalue weighted by atomic mass is 9.99. The second-order valence-electron chi connectivity index (χ2n) is 8.00. The molecule has 0 aliphatic carbocycles. The Balaban J connectivity index is 1.18. The molecular weight excluding hydrogens is 402 g/mol. The first-order valence-corrected chi connectivity index (χ1v) is 10.9. The van der Waals surface area contributed by atoms with Crippen LogP contribution in [-0.4, -0.2) is 36.8 Å². The standard InChI is InChI=1S/C26H25N3O3/c30-26(28-27-16-22-6-3-7-24-25(22)32-15-14-31-24)21-10-8-19(9-11-21)17-29-13-12-20-4-1-2-5-23(20)18-29/h1-11,16H,12-15,17-18H2,(H,28,30). The monoisotopic (exact) mass is 427 g/mol. The highest BCUT2D eigenvalue weighted by Gasteiger charge is 2.16. The molecule has 162 valence electrons. The van der Waals surface area contributed by atoms with Crippen molar-refractivity contribution in [2.24, 2.45) is 5.10 Å². The quantitative estimate of drug-likeness (QED) is 0.497. The predicted octanol–water partition coefficient (Wildman–Crippen LogP) is 3.78. The minimum absolute atomic E-state index is 0.248. The number of amides is 1. The van der Waals surface area contributed by atoms with E-state index in [-0.39, 0.29) is 5.91 Å². The summed E-state index contributed by atoms with van der Waals surface area (Å²) in [5, 5.41) is 4.10. The van der Waals surface area contributed by atoms with E-state index in [4.69, 9.17) is 9.47 Å². The van der Waals surface area contributed by atoms with E-state index in [2.05, 4.69) is 39.7 Å². The summed E-state index contributed by atoms with van der Waals surface area (Å²) in [6.07, 6.45) is 2.66. The van der Waals surface area contributed by atoms with Gasteiger partial charge in [-0.05, 0) is 47.4 Å². The van der Waals surface area contributed by atoms with Gasteiger partial charge in [-0.25, -0.2) is 5.43 Å². The molecule has 0 unspecified atom stereocenters. The number of carbonyl (C=O) groups excluding carboxylic acids is 1. The SMILES string of the molecule is O=C(NN=Cc1cccc2c1OCCO2)c1ccc(CN2CCc3ccccc3C2)cc1. The Labute approximate surface area is 187 Å². The number of carbonyl (C=O) groups is 1. The first-order chi connectivity index (χ1) is 15.8. The van der Waals surface area contributed by atoms with Gasteiger partial charge in [0.2, 0.25) is 0 Å². The van der Waals surface area contributed by atoms with Crippen LogP contribution in [-0.2, 0) is 19.5 Å². The molecule has 0 bridgehead atoms. The Morgan fingerprint density at radius 1 is 0.969 bits per heavy atom. The number of para-hydroxylation sites is 1. The Morgan fingerprint density at radius 2 is 1.78 bits per heavy atom. The van der Waals surface area contributed by atoms with E-state index in [1.165, 1.54) is 16.7 Å². The van der Waals surface area contributed by atoms with Crippen LogP contribution in [0.25, 0.3) is 0 Å². The molecule has 6 heteroatoms. The van der Waals surface area contributed by atoms with Gasteiger partial charge >= 0.3 is 0 Å². The van der Waals surface area contributed by atoms with E-state index >= 15 is 0 Å². The van der Waals surface area contributed by atoms with Crippen LogP contribution >= 0.6 is 0 Å². The lowest BCUT2D eigenvalue weighted by molar-refractivity contribution is 0.0955. The van der Waals surface area contributed by atoms with E-state index in [1.807, 2.05) is 42.5 Å². The zero-order valence-electron chi connectivity index (χ0n) is 17.8. The fraction of sp³-hybridized carbons (Fsp3) is 0.231. The molecular formula is C26H25N3O3. The van der Waals surface area contributed by atoms with E-state index in [1.54, 1.807) is 6.21 Å². The molecule has 0 saturated carbocycles. The Morgan fingerprint density at radius 3 is 2.66 bits per heavy atom. The summed E-state index contributed by atoms with van der Waals surface area (Å²) in [5.74, 6) is 1.10. The van der Waals surface area contributed by atoms with Crippen LogP contribution in [0.15, 0.2) is 71.8 Å². The van der Waals surface area contributed by atoms with E-state index in [0.29, 0.717) is 30.3 Å².